The largest absolute Gasteiger partial charge is 0.488 e. The minimum absolute atomic E-state index is 0.109. The lowest BCUT2D eigenvalue weighted by molar-refractivity contribution is 0.0696. The molecule has 0 unspecified atom stereocenters. The molecule has 0 spiro atoms. The number of anilines is 1. The van der Waals surface area contributed by atoms with E-state index in [2.05, 4.69) is 0 Å². The molecule has 3 aromatic carbocycles. The summed E-state index contributed by atoms with van der Waals surface area (Å²) in [5.41, 5.74) is 3.14. The van der Waals surface area contributed by atoms with Gasteiger partial charge >= 0.3 is 5.97 Å². The number of hydrogen-bond donors (Lipinski definition) is 1. The first-order valence-corrected chi connectivity index (χ1v) is 9.75. The second-order valence-corrected chi connectivity index (χ2v) is 7.46. The Balaban J connectivity index is 1.57. The molecule has 4 nitrogen and oxygen atoms in total. The van der Waals surface area contributed by atoms with E-state index in [9.17, 15) is 18.7 Å². The van der Waals surface area contributed by atoms with Gasteiger partial charge in [-0.25, -0.2) is 13.6 Å². The van der Waals surface area contributed by atoms with E-state index in [0.29, 0.717) is 36.4 Å². The average molecular weight is 430 g/mol. The maximum atomic E-state index is 13.9. The van der Waals surface area contributed by atoms with Gasteiger partial charge < -0.3 is 14.7 Å². The number of carboxylic acid groups (broad SMARTS) is 1. The van der Waals surface area contributed by atoms with E-state index in [1.807, 2.05) is 11.0 Å². The van der Waals surface area contributed by atoms with Crippen LogP contribution < -0.4 is 9.64 Å². The predicted octanol–water partition coefficient (Wildman–Crippen LogP) is 5.46. The lowest BCUT2D eigenvalue weighted by Crippen LogP contribution is -2.20. The molecule has 0 saturated heterocycles. The van der Waals surface area contributed by atoms with Gasteiger partial charge in [-0.2, -0.15) is 0 Å². The molecule has 0 radical (unpaired) electrons. The van der Waals surface area contributed by atoms with E-state index < -0.39 is 17.6 Å². The van der Waals surface area contributed by atoms with E-state index in [-0.39, 0.29) is 17.2 Å². The van der Waals surface area contributed by atoms with Gasteiger partial charge in [-0.15, -0.1) is 0 Å². The molecule has 1 heterocycles. The first kappa shape index (κ1) is 20.2. The molecular weight excluding hydrogens is 412 g/mol. The van der Waals surface area contributed by atoms with Crippen molar-refractivity contribution >= 4 is 23.3 Å². The molecule has 0 atom stereocenters. The Labute approximate surface area is 177 Å². The van der Waals surface area contributed by atoms with Crippen LogP contribution in [-0.4, -0.2) is 17.6 Å². The highest BCUT2D eigenvalue weighted by molar-refractivity contribution is 6.31. The Morgan fingerprint density at radius 1 is 1.07 bits per heavy atom. The molecule has 7 heteroatoms. The van der Waals surface area contributed by atoms with Gasteiger partial charge in [0.2, 0.25) is 0 Å². The molecule has 0 amide bonds. The van der Waals surface area contributed by atoms with Crippen LogP contribution in [0.15, 0.2) is 54.6 Å². The quantitative estimate of drug-likeness (QED) is 0.565. The molecule has 30 heavy (non-hydrogen) atoms. The van der Waals surface area contributed by atoms with Crippen molar-refractivity contribution in [2.75, 3.05) is 11.4 Å². The predicted molar refractivity (Wildman–Crippen MR) is 110 cm³/mol. The van der Waals surface area contributed by atoms with Crippen LogP contribution in [0.1, 0.15) is 27.0 Å². The van der Waals surface area contributed by atoms with Crippen molar-refractivity contribution in [3.63, 3.8) is 0 Å². The number of aromatic carboxylic acids is 1. The molecule has 154 valence electrons. The van der Waals surface area contributed by atoms with Gasteiger partial charge in [-0.05, 0) is 54.4 Å². The molecular formula is C23H18ClF2NO3. The van der Waals surface area contributed by atoms with Gasteiger partial charge in [0.25, 0.3) is 0 Å². The molecule has 1 aliphatic heterocycles. The van der Waals surface area contributed by atoms with Crippen molar-refractivity contribution in [1.82, 2.24) is 0 Å². The zero-order chi connectivity index (χ0) is 21.3. The third-order valence-corrected chi connectivity index (χ3v) is 5.49. The molecule has 0 aromatic heterocycles. The summed E-state index contributed by atoms with van der Waals surface area (Å²) < 4.78 is 33.0. The highest BCUT2D eigenvalue weighted by atomic mass is 35.5. The van der Waals surface area contributed by atoms with Crippen molar-refractivity contribution in [1.29, 1.82) is 0 Å². The van der Waals surface area contributed by atoms with Crippen LogP contribution in [-0.2, 0) is 19.6 Å². The Morgan fingerprint density at radius 3 is 2.60 bits per heavy atom. The number of rotatable bonds is 6. The first-order valence-electron chi connectivity index (χ1n) is 9.37. The van der Waals surface area contributed by atoms with Gasteiger partial charge in [0.15, 0.2) is 0 Å². The number of hydrogen-bond acceptors (Lipinski definition) is 3. The van der Waals surface area contributed by atoms with Crippen LogP contribution in [0.2, 0.25) is 5.02 Å². The fraction of sp³-hybridized carbons (Fsp3) is 0.174. The SMILES string of the molecule is O=C(O)c1cccc2c1CCN2Cc1cc(F)ccc1OCc1ccc(F)cc1Cl. The normalized spacial score (nSPS) is 12.7. The smallest absolute Gasteiger partial charge is 0.336 e. The van der Waals surface area contributed by atoms with Crippen molar-refractivity contribution in [3.8, 4) is 5.75 Å². The summed E-state index contributed by atoms with van der Waals surface area (Å²) in [6.45, 7) is 1.09. The number of carbonyl (C=O) groups is 1. The van der Waals surface area contributed by atoms with Crippen molar-refractivity contribution in [3.05, 3.63) is 93.5 Å². The van der Waals surface area contributed by atoms with Crippen LogP contribution in [0.25, 0.3) is 0 Å². The third-order valence-electron chi connectivity index (χ3n) is 5.14. The Hall–Kier alpha value is -3.12. The number of halogens is 3. The fourth-order valence-corrected chi connectivity index (χ4v) is 3.90. The van der Waals surface area contributed by atoms with Crippen LogP contribution in [0.5, 0.6) is 5.75 Å². The first-order chi connectivity index (χ1) is 14.4. The minimum Gasteiger partial charge on any atom is -0.488 e. The van der Waals surface area contributed by atoms with Gasteiger partial charge in [-0.1, -0.05) is 23.7 Å². The number of ether oxygens (including phenoxy) is 1. The van der Waals surface area contributed by atoms with E-state index >= 15 is 0 Å². The lowest BCUT2D eigenvalue weighted by atomic mass is 10.1. The van der Waals surface area contributed by atoms with Gasteiger partial charge in [-0.3, -0.25) is 0 Å². The molecule has 0 aliphatic carbocycles. The Morgan fingerprint density at radius 2 is 1.83 bits per heavy atom. The Kier molecular flexibility index (Phi) is 5.59. The summed E-state index contributed by atoms with van der Waals surface area (Å²) >= 11 is 6.06. The van der Waals surface area contributed by atoms with E-state index in [1.165, 1.54) is 24.3 Å². The lowest BCUT2D eigenvalue weighted by Gasteiger charge is -2.22. The standard InChI is InChI=1S/C23H18ClF2NO3/c24-20-11-17(26)5-4-14(20)13-30-22-7-6-16(25)10-15(22)12-27-9-8-18-19(23(28)29)2-1-3-21(18)27/h1-7,10-11H,8-9,12-13H2,(H,28,29). The van der Waals surface area contributed by atoms with Crippen molar-refractivity contribution in [2.24, 2.45) is 0 Å². The number of fused-ring (bicyclic) bond motifs is 1. The summed E-state index contributed by atoms with van der Waals surface area (Å²) in [6.07, 6.45) is 0.606. The Bertz CT molecular complexity index is 1120. The molecule has 4 rings (SSSR count). The maximum Gasteiger partial charge on any atom is 0.336 e. The molecule has 1 aliphatic rings. The highest BCUT2D eigenvalue weighted by Gasteiger charge is 2.25. The van der Waals surface area contributed by atoms with Crippen LogP contribution in [0.3, 0.4) is 0 Å². The number of nitrogens with zero attached hydrogens (tertiary/aromatic N) is 1. The van der Waals surface area contributed by atoms with Crippen LogP contribution in [0.4, 0.5) is 14.5 Å². The second kappa shape index (κ2) is 8.32. The summed E-state index contributed by atoms with van der Waals surface area (Å²) in [5.74, 6) is -1.30. The van der Waals surface area contributed by atoms with Crippen molar-refractivity contribution in [2.45, 2.75) is 19.6 Å². The van der Waals surface area contributed by atoms with Gasteiger partial charge in [0, 0.05) is 29.9 Å². The van der Waals surface area contributed by atoms with Crippen LogP contribution in [0, 0.1) is 11.6 Å². The average Bonchev–Trinajstić information content (AvgIpc) is 3.11. The number of benzene rings is 3. The highest BCUT2D eigenvalue weighted by Crippen LogP contribution is 2.34. The van der Waals surface area contributed by atoms with Crippen molar-refractivity contribution < 1.29 is 23.4 Å². The third kappa shape index (κ3) is 4.09. The summed E-state index contributed by atoms with van der Waals surface area (Å²) in [4.78, 5) is 13.5. The molecule has 0 fully saturated rings. The monoisotopic (exact) mass is 429 g/mol. The van der Waals surface area contributed by atoms with E-state index in [1.54, 1.807) is 24.3 Å². The van der Waals surface area contributed by atoms with Gasteiger partial charge in [0.05, 0.1) is 10.6 Å². The summed E-state index contributed by atoms with van der Waals surface area (Å²) in [6, 6.07) is 13.5. The van der Waals surface area contributed by atoms with Gasteiger partial charge in [0.1, 0.15) is 24.0 Å². The fourth-order valence-electron chi connectivity index (χ4n) is 3.68. The topological polar surface area (TPSA) is 49.8 Å². The summed E-state index contributed by atoms with van der Waals surface area (Å²) in [7, 11) is 0. The minimum atomic E-state index is -0.959. The zero-order valence-electron chi connectivity index (χ0n) is 15.9. The maximum absolute atomic E-state index is 13.9. The molecule has 0 saturated carbocycles. The van der Waals surface area contributed by atoms with Crippen LogP contribution >= 0.6 is 11.6 Å². The second-order valence-electron chi connectivity index (χ2n) is 7.06. The molecule has 3 aromatic rings. The van der Waals surface area contributed by atoms with E-state index in [4.69, 9.17) is 16.3 Å². The van der Waals surface area contributed by atoms with E-state index in [0.717, 1.165) is 11.3 Å². The summed E-state index contributed by atoms with van der Waals surface area (Å²) in [5, 5.41) is 9.66. The number of carboxylic acids is 1. The molecule has 1 N–H and O–H groups in total. The molecule has 0 bridgehead atoms. The zero-order valence-corrected chi connectivity index (χ0v) is 16.6.